The van der Waals surface area contributed by atoms with E-state index < -0.39 is 6.03 Å². The van der Waals surface area contributed by atoms with Crippen LogP contribution in [0.25, 0.3) is 0 Å². The van der Waals surface area contributed by atoms with E-state index in [1.807, 2.05) is 18.2 Å². The standard InChI is InChI=1S/C16H14Cl2N4O2/c1-24-11-2-3-12-10(7-11)8-22(16(19)23)21-13(12)4-9-5-14(17)20-15(18)6-9/h2-3,5-7H,4,8H2,1H3,(H2,19,23). The van der Waals surface area contributed by atoms with E-state index >= 15 is 0 Å². The summed E-state index contributed by atoms with van der Waals surface area (Å²) in [5.41, 5.74) is 8.76. The number of hydrazone groups is 1. The second-order valence-electron chi connectivity index (χ2n) is 5.26. The van der Waals surface area contributed by atoms with Gasteiger partial charge in [-0.25, -0.2) is 14.8 Å². The van der Waals surface area contributed by atoms with Gasteiger partial charge in [0.1, 0.15) is 16.1 Å². The Balaban J connectivity index is 2.02. The lowest BCUT2D eigenvalue weighted by Crippen LogP contribution is -2.35. The Kier molecular flexibility index (Phi) is 4.59. The van der Waals surface area contributed by atoms with Crippen LogP contribution in [-0.2, 0) is 13.0 Å². The molecule has 124 valence electrons. The van der Waals surface area contributed by atoms with Gasteiger partial charge in [-0.05, 0) is 41.5 Å². The summed E-state index contributed by atoms with van der Waals surface area (Å²) in [6.45, 7) is 0.295. The van der Waals surface area contributed by atoms with E-state index in [2.05, 4.69) is 10.1 Å². The average Bonchev–Trinajstić information content (AvgIpc) is 2.53. The normalized spacial score (nSPS) is 13.3. The van der Waals surface area contributed by atoms with Crippen molar-refractivity contribution in [3.05, 3.63) is 57.3 Å². The lowest BCUT2D eigenvalue weighted by molar-refractivity contribution is 0.206. The van der Waals surface area contributed by atoms with E-state index in [-0.39, 0.29) is 0 Å². The first-order valence-corrected chi connectivity index (χ1v) is 7.85. The van der Waals surface area contributed by atoms with Gasteiger partial charge in [-0.2, -0.15) is 5.10 Å². The molecule has 0 aliphatic carbocycles. The number of carbonyl (C=O) groups excluding carboxylic acids is 1. The number of halogens is 2. The molecule has 2 aromatic rings. The topological polar surface area (TPSA) is 80.8 Å². The van der Waals surface area contributed by atoms with Crippen molar-refractivity contribution in [1.29, 1.82) is 0 Å². The highest BCUT2D eigenvalue weighted by atomic mass is 35.5. The lowest BCUT2D eigenvalue weighted by atomic mass is 9.96. The second kappa shape index (κ2) is 6.67. The van der Waals surface area contributed by atoms with E-state index in [0.717, 1.165) is 16.7 Å². The number of pyridine rings is 1. The van der Waals surface area contributed by atoms with Crippen molar-refractivity contribution in [1.82, 2.24) is 9.99 Å². The van der Waals surface area contributed by atoms with Crippen molar-refractivity contribution in [2.75, 3.05) is 7.11 Å². The van der Waals surface area contributed by atoms with Gasteiger partial charge in [0.05, 0.1) is 19.4 Å². The van der Waals surface area contributed by atoms with Gasteiger partial charge in [0.25, 0.3) is 0 Å². The summed E-state index contributed by atoms with van der Waals surface area (Å²) in [6, 6.07) is 8.43. The van der Waals surface area contributed by atoms with E-state index in [4.69, 9.17) is 33.7 Å². The molecule has 0 bridgehead atoms. The maximum absolute atomic E-state index is 11.6. The van der Waals surface area contributed by atoms with Crippen LogP contribution >= 0.6 is 23.2 Å². The van der Waals surface area contributed by atoms with Crippen LogP contribution in [0.3, 0.4) is 0 Å². The Morgan fingerprint density at radius 3 is 2.62 bits per heavy atom. The van der Waals surface area contributed by atoms with E-state index in [0.29, 0.717) is 34.7 Å². The fourth-order valence-corrected chi connectivity index (χ4v) is 3.08. The van der Waals surface area contributed by atoms with E-state index in [1.54, 1.807) is 19.2 Å². The van der Waals surface area contributed by atoms with E-state index in [1.165, 1.54) is 5.01 Å². The Bertz CT molecular complexity index is 819. The second-order valence-corrected chi connectivity index (χ2v) is 6.04. The van der Waals surface area contributed by atoms with Gasteiger partial charge < -0.3 is 10.5 Å². The summed E-state index contributed by atoms with van der Waals surface area (Å²) in [5.74, 6) is 0.703. The number of nitrogens with zero attached hydrogens (tertiary/aromatic N) is 3. The third kappa shape index (κ3) is 3.44. The average molecular weight is 365 g/mol. The van der Waals surface area contributed by atoms with Gasteiger partial charge in [-0.15, -0.1) is 0 Å². The minimum Gasteiger partial charge on any atom is -0.497 e. The lowest BCUT2D eigenvalue weighted by Gasteiger charge is -2.25. The van der Waals surface area contributed by atoms with Crippen molar-refractivity contribution in [3.8, 4) is 5.75 Å². The molecule has 24 heavy (non-hydrogen) atoms. The molecule has 2 N–H and O–H groups in total. The minimum absolute atomic E-state index is 0.295. The summed E-state index contributed by atoms with van der Waals surface area (Å²) >= 11 is 11.9. The molecular weight excluding hydrogens is 351 g/mol. The molecule has 1 aromatic carbocycles. The summed E-state index contributed by atoms with van der Waals surface area (Å²) in [6.07, 6.45) is 0.436. The molecule has 0 fully saturated rings. The number of nitrogens with two attached hydrogens (primary N) is 1. The third-order valence-electron chi connectivity index (χ3n) is 3.63. The van der Waals surface area contributed by atoms with Crippen LogP contribution in [0, 0.1) is 0 Å². The number of ether oxygens (including phenoxy) is 1. The number of rotatable bonds is 3. The minimum atomic E-state index is -0.619. The Morgan fingerprint density at radius 2 is 2.00 bits per heavy atom. The van der Waals surface area contributed by atoms with Crippen molar-refractivity contribution in [3.63, 3.8) is 0 Å². The number of hydrogen-bond acceptors (Lipinski definition) is 4. The van der Waals surface area contributed by atoms with Crippen molar-refractivity contribution in [2.45, 2.75) is 13.0 Å². The number of primary amides is 1. The number of aromatic nitrogens is 1. The molecule has 2 heterocycles. The zero-order valence-electron chi connectivity index (χ0n) is 12.8. The Labute approximate surface area is 148 Å². The van der Waals surface area contributed by atoms with Crippen LogP contribution in [0.2, 0.25) is 10.3 Å². The molecule has 0 unspecified atom stereocenters. The van der Waals surface area contributed by atoms with Crippen LogP contribution in [0.1, 0.15) is 16.7 Å². The molecule has 0 atom stereocenters. The number of hydrogen-bond donors (Lipinski definition) is 1. The molecule has 1 aromatic heterocycles. The van der Waals surface area contributed by atoms with Gasteiger partial charge in [0.15, 0.2) is 0 Å². The van der Waals surface area contributed by atoms with Crippen molar-refractivity contribution >= 4 is 34.9 Å². The number of carbonyl (C=O) groups is 1. The highest BCUT2D eigenvalue weighted by Crippen LogP contribution is 2.26. The highest BCUT2D eigenvalue weighted by Gasteiger charge is 2.22. The van der Waals surface area contributed by atoms with Crippen LogP contribution in [0.5, 0.6) is 5.75 Å². The molecule has 1 aliphatic heterocycles. The summed E-state index contributed by atoms with van der Waals surface area (Å²) in [4.78, 5) is 15.5. The largest absolute Gasteiger partial charge is 0.497 e. The maximum Gasteiger partial charge on any atom is 0.335 e. The van der Waals surface area contributed by atoms with Crippen molar-refractivity contribution in [2.24, 2.45) is 10.8 Å². The number of methoxy groups -OCH3 is 1. The molecular formula is C16H14Cl2N4O2. The van der Waals surface area contributed by atoms with Gasteiger partial charge >= 0.3 is 6.03 Å². The summed E-state index contributed by atoms with van der Waals surface area (Å²) in [7, 11) is 1.59. The predicted octanol–water partition coefficient (Wildman–Crippen LogP) is 3.24. The number of fused-ring (bicyclic) bond motifs is 1. The molecule has 2 amide bonds. The number of amides is 2. The molecule has 1 aliphatic rings. The first kappa shape index (κ1) is 16.5. The quantitative estimate of drug-likeness (QED) is 0.848. The predicted molar refractivity (Wildman–Crippen MR) is 92.6 cm³/mol. The molecule has 6 nitrogen and oxygen atoms in total. The van der Waals surface area contributed by atoms with Crippen LogP contribution < -0.4 is 10.5 Å². The molecule has 0 saturated carbocycles. The number of benzene rings is 1. The molecule has 8 heteroatoms. The van der Waals surface area contributed by atoms with Gasteiger partial charge in [-0.1, -0.05) is 23.2 Å². The summed E-state index contributed by atoms with van der Waals surface area (Å²) in [5, 5.41) is 6.19. The van der Waals surface area contributed by atoms with E-state index in [9.17, 15) is 4.79 Å². The highest BCUT2D eigenvalue weighted by molar-refractivity contribution is 6.32. The zero-order valence-corrected chi connectivity index (χ0v) is 14.3. The molecule has 0 radical (unpaired) electrons. The zero-order chi connectivity index (χ0) is 17.3. The molecule has 0 saturated heterocycles. The smallest absolute Gasteiger partial charge is 0.335 e. The molecule has 3 rings (SSSR count). The van der Waals surface area contributed by atoms with Gasteiger partial charge in [0, 0.05) is 12.0 Å². The SMILES string of the molecule is COc1ccc2c(c1)CN(C(N)=O)N=C2Cc1cc(Cl)nc(Cl)c1. The monoisotopic (exact) mass is 364 g/mol. The third-order valence-corrected chi connectivity index (χ3v) is 4.02. The Hall–Kier alpha value is -2.31. The fraction of sp³-hybridized carbons (Fsp3) is 0.188. The maximum atomic E-state index is 11.6. The number of urea groups is 1. The first-order chi connectivity index (χ1) is 11.5. The first-order valence-electron chi connectivity index (χ1n) is 7.10. The van der Waals surface area contributed by atoms with Gasteiger partial charge in [0.2, 0.25) is 0 Å². The Morgan fingerprint density at radius 1 is 1.29 bits per heavy atom. The summed E-state index contributed by atoms with van der Waals surface area (Å²) < 4.78 is 5.24. The molecule has 0 spiro atoms. The van der Waals surface area contributed by atoms with Crippen molar-refractivity contribution < 1.29 is 9.53 Å². The van der Waals surface area contributed by atoms with Crippen LogP contribution in [-0.4, -0.2) is 28.8 Å². The van der Waals surface area contributed by atoms with Crippen LogP contribution in [0.15, 0.2) is 35.4 Å². The van der Waals surface area contributed by atoms with Crippen LogP contribution in [0.4, 0.5) is 4.79 Å². The van der Waals surface area contributed by atoms with Gasteiger partial charge in [-0.3, -0.25) is 0 Å². The fourth-order valence-electron chi connectivity index (χ4n) is 2.57.